The maximum Gasteiger partial charge on any atom is 0.319 e. The van der Waals surface area contributed by atoms with Gasteiger partial charge in [-0.05, 0) is 55.7 Å². The number of fused-ring (bicyclic) bond motifs is 4. The van der Waals surface area contributed by atoms with Crippen molar-refractivity contribution in [2.75, 3.05) is 44.3 Å². The van der Waals surface area contributed by atoms with Crippen LogP contribution in [0.5, 0.6) is 11.8 Å². The number of nitro groups is 1. The summed E-state index contributed by atoms with van der Waals surface area (Å²) in [6, 6.07) is 5.72. The standard InChI is InChI=1S/C33H33F3N6O5/c34-24-4-1-17-9-20(43)10-22(26(17)28(24)35)27-25(42(44)45)11-23-30(29(27)36)39-32(40-31(23)41-14-18-2-3-19(15-41)38-18)47-16-33(5-6-33)12-21-13-37-7-8-46-21/h1,4,9-11,18-19,21,37-38,43H,2-3,5-8,12-16H2/t18-,19+,21?. The Balaban J connectivity index is 1.28. The summed E-state index contributed by atoms with van der Waals surface area (Å²) in [5.74, 6) is -3.76. The summed E-state index contributed by atoms with van der Waals surface area (Å²) in [6.45, 7) is 3.60. The van der Waals surface area contributed by atoms with Crippen molar-refractivity contribution in [3.63, 3.8) is 0 Å². The Morgan fingerprint density at radius 1 is 1.11 bits per heavy atom. The highest BCUT2D eigenvalue weighted by atomic mass is 19.2. The van der Waals surface area contributed by atoms with Crippen molar-refractivity contribution < 1.29 is 32.7 Å². The molecule has 3 saturated heterocycles. The number of halogens is 3. The molecule has 47 heavy (non-hydrogen) atoms. The monoisotopic (exact) mass is 650 g/mol. The van der Waals surface area contributed by atoms with E-state index < -0.39 is 44.8 Å². The molecule has 3 N–H and O–H groups in total. The minimum Gasteiger partial charge on any atom is -0.508 e. The fraction of sp³-hybridized carbons (Fsp3) is 0.455. The van der Waals surface area contributed by atoms with Gasteiger partial charge < -0.3 is 30.1 Å². The molecule has 1 aromatic heterocycles. The Labute approximate surface area is 267 Å². The number of hydrogen-bond acceptors (Lipinski definition) is 10. The second-order valence-corrected chi connectivity index (χ2v) is 13.3. The van der Waals surface area contributed by atoms with Crippen molar-refractivity contribution >= 4 is 33.2 Å². The number of anilines is 1. The summed E-state index contributed by atoms with van der Waals surface area (Å²) in [4.78, 5) is 22.9. The topological polar surface area (TPSA) is 135 Å². The molecule has 3 aromatic carbocycles. The number of aromatic nitrogens is 2. The molecule has 1 aliphatic carbocycles. The van der Waals surface area contributed by atoms with Crippen LogP contribution in [0.25, 0.3) is 32.8 Å². The van der Waals surface area contributed by atoms with Crippen molar-refractivity contribution in [3.8, 4) is 22.9 Å². The molecule has 2 bridgehead atoms. The Morgan fingerprint density at radius 2 is 1.89 bits per heavy atom. The minimum atomic E-state index is -1.32. The van der Waals surface area contributed by atoms with Crippen molar-refractivity contribution in [2.24, 2.45) is 5.41 Å². The van der Waals surface area contributed by atoms with Gasteiger partial charge >= 0.3 is 6.01 Å². The molecule has 3 aliphatic heterocycles. The van der Waals surface area contributed by atoms with Crippen molar-refractivity contribution in [1.82, 2.24) is 20.6 Å². The number of ether oxygens (including phenoxy) is 2. The van der Waals surface area contributed by atoms with Gasteiger partial charge in [0.25, 0.3) is 5.69 Å². The summed E-state index contributed by atoms with van der Waals surface area (Å²) in [5, 5.41) is 29.6. The number of piperazine rings is 1. The minimum absolute atomic E-state index is 0.0447. The van der Waals surface area contributed by atoms with Crippen LogP contribution in [-0.4, -0.2) is 77.6 Å². The van der Waals surface area contributed by atoms with Gasteiger partial charge in [-0.25, -0.2) is 13.2 Å². The first kappa shape index (κ1) is 30.1. The van der Waals surface area contributed by atoms with Gasteiger partial charge in [0.2, 0.25) is 0 Å². The summed E-state index contributed by atoms with van der Waals surface area (Å²) in [5.41, 5.74) is -2.07. The third kappa shape index (κ3) is 5.47. The first-order chi connectivity index (χ1) is 22.7. The lowest BCUT2D eigenvalue weighted by Crippen LogP contribution is -2.51. The van der Waals surface area contributed by atoms with Crippen LogP contribution in [0.3, 0.4) is 0 Å². The molecule has 0 radical (unpaired) electrons. The van der Waals surface area contributed by atoms with Gasteiger partial charge in [0.05, 0.1) is 35.2 Å². The molecule has 8 rings (SSSR count). The number of nitrogens with one attached hydrogen (secondary N) is 2. The van der Waals surface area contributed by atoms with Crippen LogP contribution in [0.15, 0.2) is 30.3 Å². The quantitative estimate of drug-likeness (QED) is 0.178. The molecule has 246 valence electrons. The number of benzene rings is 3. The molecule has 4 aliphatic rings. The molecule has 4 aromatic rings. The largest absolute Gasteiger partial charge is 0.508 e. The number of phenolic OH excluding ortho intramolecular Hbond substituents is 1. The van der Waals surface area contributed by atoms with E-state index in [4.69, 9.17) is 14.5 Å². The maximum absolute atomic E-state index is 17.0. The lowest BCUT2D eigenvalue weighted by molar-refractivity contribution is -0.384. The van der Waals surface area contributed by atoms with E-state index in [0.717, 1.165) is 57.3 Å². The average molecular weight is 651 g/mol. The molecule has 3 atom stereocenters. The average Bonchev–Trinajstić information content (AvgIpc) is 3.74. The van der Waals surface area contributed by atoms with Gasteiger partial charge in [0, 0.05) is 60.7 Å². The van der Waals surface area contributed by atoms with E-state index in [-0.39, 0.29) is 58.1 Å². The van der Waals surface area contributed by atoms with Gasteiger partial charge in [-0.3, -0.25) is 10.1 Å². The highest BCUT2D eigenvalue weighted by Gasteiger charge is 2.46. The third-order valence-corrected chi connectivity index (χ3v) is 9.97. The van der Waals surface area contributed by atoms with Gasteiger partial charge in [0.1, 0.15) is 17.1 Å². The van der Waals surface area contributed by atoms with Crippen molar-refractivity contribution in [2.45, 2.75) is 50.3 Å². The molecular formula is C33H33F3N6O5. The second kappa shape index (κ2) is 11.5. The predicted octanol–water partition coefficient (Wildman–Crippen LogP) is 4.96. The van der Waals surface area contributed by atoms with Crippen LogP contribution in [0.2, 0.25) is 0 Å². The van der Waals surface area contributed by atoms with Crippen LogP contribution in [0.4, 0.5) is 24.7 Å². The summed E-state index contributed by atoms with van der Waals surface area (Å²) in [7, 11) is 0. The van der Waals surface area contributed by atoms with Gasteiger partial charge in [-0.15, -0.1) is 0 Å². The number of hydrogen-bond donors (Lipinski definition) is 3. The Morgan fingerprint density at radius 3 is 2.60 bits per heavy atom. The molecule has 0 spiro atoms. The lowest BCUT2D eigenvalue weighted by Gasteiger charge is -2.34. The van der Waals surface area contributed by atoms with Crippen LogP contribution < -0.4 is 20.3 Å². The Bertz CT molecular complexity index is 1910. The third-order valence-electron chi connectivity index (χ3n) is 9.97. The molecule has 1 saturated carbocycles. The van der Waals surface area contributed by atoms with Crippen molar-refractivity contribution in [1.29, 1.82) is 0 Å². The number of aromatic hydroxyl groups is 1. The molecule has 14 heteroatoms. The highest BCUT2D eigenvalue weighted by Crippen LogP contribution is 2.50. The van der Waals surface area contributed by atoms with Crippen molar-refractivity contribution in [3.05, 3.63) is 57.9 Å². The zero-order valence-corrected chi connectivity index (χ0v) is 25.4. The van der Waals surface area contributed by atoms with Crippen LogP contribution in [-0.2, 0) is 4.74 Å². The molecule has 4 heterocycles. The zero-order chi connectivity index (χ0) is 32.4. The van der Waals surface area contributed by atoms with E-state index in [1.54, 1.807) is 0 Å². The van der Waals surface area contributed by atoms with Crippen LogP contribution in [0, 0.1) is 33.0 Å². The van der Waals surface area contributed by atoms with E-state index in [1.807, 2.05) is 4.90 Å². The molecule has 11 nitrogen and oxygen atoms in total. The van der Waals surface area contributed by atoms with Gasteiger partial charge in [-0.2, -0.15) is 9.97 Å². The van der Waals surface area contributed by atoms with Crippen LogP contribution >= 0.6 is 0 Å². The van der Waals surface area contributed by atoms with E-state index in [0.29, 0.717) is 25.5 Å². The molecule has 0 amide bonds. The van der Waals surface area contributed by atoms with E-state index in [1.165, 1.54) is 18.2 Å². The summed E-state index contributed by atoms with van der Waals surface area (Å²) >= 11 is 0. The number of phenols is 1. The summed E-state index contributed by atoms with van der Waals surface area (Å²) < 4.78 is 58.8. The Hall–Kier alpha value is -4.27. The number of morpholine rings is 1. The van der Waals surface area contributed by atoms with Gasteiger partial charge in [-0.1, -0.05) is 6.07 Å². The number of nitrogens with zero attached hydrogens (tertiary/aromatic N) is 4. The molecule has 4 fully saturated rings. The van der Waals surface area contributed by atoms with E-state index >= 15 is 8.78 Å². The number of nitro benzene ring substituents is 1. The normalized spacial score (nSPS) is 23.4. The first-order valence-electron chi connectivity index (χ1n) is 15.9. The second-order valence-electron chi connectivity index (χ2n) is 13.3. The first-order valence-corrected chi connectivity index (χ1v) is 15.9. The molecule has 1 unspecified atom stereocenters. The number of rotatable bonds is 8. The van der Waals surface area contributed by atoms with Gasteiger partial charge in [0.15, 0.2) is 17.5 Å². The molecular weight excluding hydrogens is 617 g/mol. The Kier molecular flexibility index (Phi) is 7.33. The van der Waals surface area contributed by atoms with E-state index in [2.05, 4.69) is 15.6 Å². The fourth-order valence-electron chi connectivity index (χ4n) is 7.47. The fourth-order valence-corrected chi connectivity index (χ4v) is 7.47. The zero-order valence-electron chi connectivity index (χ0n) is 25.4. The highest BCUT2D eigenvalue weighted by molar-refractivity contribution is 6.04. The predicted molar refractivity (Wildman–Crippen MR) is 167 cm³/mol. The summed E-state index contributed by atoms with van der Waals surface area (Å²) in [6.07, 6.45) is 4.64. The lowest BCUT2D eigenvalue weighted by atomic mass is 9.94. The maximum atomic E-state index is 17.0. The smallest absolute Gasteiger partial charge is 0.319 e. The van der Waals surface area contributed by atoms with E-state index in [9.17, 15) is 19.6 Å². The van der Waals surface area contributed by atoms with Crippen LogP contribution in [0.1, 0.15) is 32.1 Å². The SMILES string of the molecule is O=[N+]([O-])c1cc2c(N3C[C@H]4CC[C@@H](C3)N4)nc(OCC3(CC4CNCCO4)CC3)nc2c(F)c1-c1cc(O)cc2ccc(F)c(F)c12.